The molecule has 1 amide bonds. The van der Waals surface area contributed by atoms with E-state index >= 15 is 0 Å². The maximum atomic E-state index is 12.5. The van der Waals surface area contributed by atoms with Gasteiger partial charge in [0.2, 0.25) is 0 Å². The third-order valence-electron chi connectivity index (χ3n) is 1.04. The molecule has 0 saturated carbocycles. The molecule has 13 heavy (non-hydrogen) atoms. The van der Waals surface area contributed by atoms with Gasteiger partial charge in [-0.1, -0.05) is 11.6 Å². The first-order valence-corrected chi connectivity index (χ1v) is 3.45. The van der Waals surface area contributed by atoms with Gasteiger partial charge < -0.3 is 10.4 Å². The molecule has 8 heteroatoms. The second kappa shape index (κ2) is 4.10. The molecule has 0 aromatic rings. The first-order chi connectivity index (χ1) is 5.73. The first-order valence-electron chi connectivity index (χ1n) is 3.07. The van der Waals surface area contributed by atoms with E-state index in [4.69, 9.17) is 5.11 Å². The molecule has 0 aromatic heterocycles. The van der Waals surface area contributed by atoms with Crippen molar-refractivity contribution in [2.45, 2.75) is 11.3 Å². The van der Waals surface area contributed by atoms with E-state index in [0.717, 1.165) is 0 Å². The quantitative estimate of drug-likeness (QED) is 0.543. The van der Waals surface area contributed by atoms with Crippen molar-refractivity contribution in [2.75, 3.05) is 13.2 Å². The molecule has 0 saturated heterocycles. The molecular weight excluding hydrogens is 218 g/mol. The lowest BCUT2D eigenvalue weighted by molar-refractivity contribution is -0.200. The molecule has 0 radical (unpaired) electrons. The van der Waals surface area contributed by atoms with Crippen molar-refractivity contribution in [1.29, 1.82) is 0 Å². The van der Waals surface area contributed by atoms with E-state index in [9.17, 15) is 22.4 Å². The summed E-state index contributed by atoms with van der Waals surface area (Å²) in [5, 5.41) is 5.14. The molecule has 0 unspecified atom stereocenters. The lowest BCUT2D eigenvalue weighted by Crippen LogP contribution is -2.50. The number of halogens is 5. The minimum absolute atomic E-state index is 0.493. The second-order valence-corrected chi connectivity index (χ2v) is 2.57. The minimum atomic E-state index is -5.48. The zero-order valence-electron chi connectivity index (χ0n) is 6.16. The van der Waals surface area contributed by atoms with Gasteiger partial charge >= 0.3 is 11.3 Å². The highest BCUT2D eigenvalue weighted by atomic mass is 35.5. The van der Waals surface area contributed by atoms with E-state index in [1.54, 1.807) is 0 Å². The first kappa shape index (κ1) is 12.4. The average Bonchev–Trinajstić information content (AvgIpc) is 1.97. The number of carbonyl (C=O) groups is 1. The summed E-state index contributed by atoms with van der Waals surface area (Å²) in [5.74, 6) is -2.03. The fourth-order valence-corrected chi connectivity index (χ4v) is 0.476. The number of aliphatic hydroxyl groups is 1. The van der Waals surface area contributed by atoms with Gasteiger partial charge in [-0.2, -0.15) is 13.2 Å². The number of amides is 1. The minimum Gasteiger partial charge on any atom is -0.395 e. The van der Waals surface area contributed by atoms with Gasteiger partial charge in [-0.3, -0.25) is 4.79 Å². The highest BCUT2D eigenvalue weighted by molar-refractivity contribution is 6.34. The Morgan fingerprint density at radius 1 is 1.38 bits per heavy atom. The molecule has 78 valence electrons. The van der Waals surface area contributed by atoms with Crippen LogP contribution < -0.4 is 5.32 Å². The Morgan fingerprint density at radius 3 is 2.15 bits per heavy atom. The zero-order valence-corrected chi connectivity index (χ0v) is 6.92. The number of carbonyl (C=O) groups excluding carboxylic acids is 1. The predicted octanol–water partition coefficient (Wildman–Crippen LogP) is 0.562. The Bertz CT molecular complexity index is 193. The number of nitrogens with one attached hydrogen (secondary N) is 1. The molecule has 1 atom stereocenters. The highest BCUT2D eigenvalue weighted by Gasteiger charge is 2.60. The van der Waals surface area contributed by atoms with E-state index in [-0.39, 0.29) is 0 Å². The van der Waals surface area contributed by atoms with Crippen LogP contribution in [-0.2, 0) is 4.79 Å². The van der Waals surface area contributed by atoms with E-state index in [2.05, 4.69) is 11.6 Å². The van der Waals surface area contributed by atoms with Crippen LogP contribution in [0.3, 0.4) is 0 Å². The number of hydrogen-bond acceptors (Lipinski definition) is 2. The van der Waals surface area contributed by atoms with Gasteiger partial charge in [0.1, 0.15) is 0 Å². The van der Waals surface area contributed by atoms with Gasteiger partial charge in [0, 0.05) is 6.54 Å². The molecule has 0 aliphatic heterocycles. The van der Waals surface area contributed by atoms with Crippen LogP contribution in [0.2, 0.25) is 0 Å². The molecule has 0 bridgehead atoms. The Hall–Kier alpha value is -0.560. The van der Waals surface area contributed by atoms with Crippen LogP contribution in [0.1, 0.15) is 0 Å². The summed E-state index contributed by atoms with van der Waals surface area (Å²) in [6.45, 7) is -1.09. The van der Waals surface area contributed by atoms with Crippen molar-refractivity contribution in [1.82, 2.24) is 5.32 Å². The fourth-order valence-electron chi connectivity index (χ4n) is 0.409. The van der Waals surface area contributed by atoms with Gasteiger partial charge in [0.05, 0.1) is 6.61 Å². The van der Waals surface area contributed by atoms with E-state index in [1.165, 1.54) is 5.32 Å². The zero-order chi connectivity index (χ0) is 10.7. The topological polar surface area (TPSA) is 49.3 Å². The van der Waals surface area contributed by atoms with Crippen LogP contribution in [-0.4, -0.2) is 35.5 Å². The lowest BCUT2D eigenvalue weighted by atomic mass is 10.3. The number of aliphatic hydroxyl groups excluding tert-OH is 1. The number of rotatable bonds is 3. The van der Waals surface area contributed by atoms with Crippen molar-refractivity contribution in [3.8, 4) is 0 Å². The maximum Gasteiger partial charge on any atom is 0.446 e. The summed E-state index contributed by atoms with van der Waals surface area (Å²) >= 11 is 4.31. The molecule has 0 fully saturated rings. The van der Waals surface area contributed by atoms with Crippen molar-refractivity contribution in [3.05, 3.63) is 0 Å². The monoisotopic (exact) mass is 223 g/mol. The second-order valence-electron chi connectivity index (χ2n) is 2.05. The van der Waals surface area contributed by atoms with Crippen LogP contribution in [0.25, 0.3) is 0 Å². The Labute approximate surface area is 75.7 Å². The normalized spacial score (nSPS) is 16.5. The summed E-state index contributed by atoms with van der Waals surface area (Å²) in [6.07, 6.45) is -5.48. The Morgan fingerprint density at radius 2 is 1.85 bits per heavy atom. The van der Waals surface area contributed by atoms with Crippen molar-refractivity contribution in [3.63, 3.8) is 0 Å². The number of alkyl halides is 5. The molecule has 0 aliphatic carbocycles. The van der Waals surface area contributed by atoms with E-state index in [1.807, 2.05) is 0 Å². The van der Waals surface area contributed by atoms with Crippen molar-refractivity contribution >= 4 is 17.5 Å². The van der Waals surface area contributed by atoms with E-state index < -0.39 is 30.4 Å². The molecule has 3 nitrogen and oxygen atoms in total. The average molecular weight is 224 g/mol. The van der Waals surface area contributed by atoms with Gasteiger partial charge in [0.25, 0.3) is 5.91 Å². The molecule has 0 aromatic carbocycles. The fraction of sp³-hybridized carbons (Fsp3) is 0.800. The van der Waals surface area contributed by atoms with Crippen LogP contribution in [0.5, 0.6) is 0 Å². The van der Waals surface area contributed by atoms with Crippen LogP contribution in [0, 0.1) is 0 Å². The maximum absolute atomic E-state index is 12.5. The van der Waals surface area contributed by atoms with Gasteiger partial charge in [-0.05, 0) is 0 Å². The van der Waals surface area contributed by atoms with Gasteiger partial charge in [-0.15, -0.1) is 0 Å². The standard InChI is InChI=1S/C5H6ClF4NO2/c6-4(7,5(8,9)10)3(13)11-1-2-12/h12H,1-2H2,(H,11,13)/t4-/m0/s1. The number of hydrogen-bond donors (Lipinski definition) is 2. The summed E-state index contributed by atoms with van der Waals surface area (Å²) in [7, 11) is 0. The van der Waals surface area contributed by atoms with Crippen molar-refractivity contribution < 1.29 is 27.5 Å². The smallest absolute Gasteiger partial charge is 0.395 e. The summed E-state index contributed by atoms with van der Waals surface area (Å²) in [4.78, 5) is 10.4. The Kier molecular flexibility index (Phi) is 3.92. The van der Waals surface area contributed by atoms with Gasteiger partial charge in [-0.25, -0.2) is 4.39 Å². The third kappa shape index (κ3) is 3.00. The van der Waals surface area contributed by atoms with Crippen LogP contribution >= 0.6 is 11.6 Å². The SMILES string of the molecule is O=C(NCCO)[C@@](F)(Cl)C(F)(F)F. The largest absolute Gasteiger partial charge is 0.446 e. The molecule has 0 heterocycles. The lowest BCUT2D eigenvalue weighted by Gasteiger charge is -2.19. The molecular formula is C5H6ClF4NO2. The summed E-state index contributed by atoms with van der Waals surface area (Å²) in [6, 6.07) is 0. The summed E-state index contributed by atoms with van der Waals surface area (Å²) in [5.41, 5.74) is 0. The molecule has 0 spiro atoms. The summed E-state index contributed by atoms with van der Waals surface area (Å²) < 4.78 is 47.5. The predicted molar refractivity (Wildman–Crippen MR) is 35.8 cm³/mol. The molecule has 0 rings (SSSR count). The Balaban J connectivity index is 4.37. The third-order valence-corrected chi connectivity index (χ3v) is 1.42. The van der Waals surface area contributed by atoms with Crippen LogP contribution in [0.4, 0.5) is 17.6 Å². The van der Waals surface area contributed by atoms with Crippen LogP contribution in [0.15, 0.2) is 0 Å². The molecule has 2 N–H and O–H groups in total. The van der Waals surface area contributed by atoms with Crippen molar-refractivity contribution in [2.24, 2.45) is 0 Å². The molecule has 0 aliphatic rings. The van der Waals surface area contributed by atoms with E-state index in [0.29, 0.717) is 0 Å². The van der Waals surface area contributed by atoms with Gasteiger partial charge in [0.15, 0.2) is 0 Å². The highest BCUT2D eigenvalue weighted by Crippen LogP contribution is 2.37.